The van der Waals surface area contributed by atoms with Crippen molar-refractivity contribution in [1.29, 1.82) is 0 Å². The van der Waals surface area contributed by atoms with Crippen molar-refractivity contribution in [3.63, 3.8) is 0 Å². The lowest BCUT2D eigenvalue weighted by Crippen LogP contribution is -2.42. The molecule has 0 bridgehead atoms. The minimum Gasteiger partial charge on any atom is -0.480 e. The number of aliphatic carboxylic acids is 1. The van der Waals surface area contributed by atoms with E-state index in [1.165, 1.54) is 0 Å². The molecule has 1 amide bonds. The van der Waals surface area contributed by atoms with Crippen LogP contribution in [0.3, 0.4) is 0 Å². The number of amides is 1. The summed E-state index contributed by atoms with van der Waals surface area (Å²) in [6.07, 6.45) is 4.64. The van der Waals surface area contributed by atoms with E-state index in [2.05, 4.69) is 6.42 Å². The highest BCUT2D eigenvalue weighted by molar-refractivity contribution is 5.95. The van der Waals surface area contributed by atoms with Gasteiger partial charge in [0.05, 0.1) is 6.61 Å². The number of terminal acetylenes is 1. The van der Waals surface area contributed by atoms with Crippen molar-refractivity contribution in [2.75, 3.05) is 6.61 Å². The highest BCUT2D eigenvalue weighted by Crippen LogP contribution is 1.80. The fourth-order valence-electron chi connectivity index (χ4n) is 0.385. The lowest BCUT2D eigenvalue weighted by atomic mass is 10.3. The normalized spacial score (nSPS) is 11.3. The third-order valence-corrected chi connectivity index (χ3v) is 0.917. The Balaban J connectivity index is 4.01. The molecular formula is C6H7NO4. The number of nitrogens with one attached hydrogen (secondary N) is 1. The second kappa shape index (κ2) is 4.30. The van der Waals surface area contributed by atoms with E-state index >= 15 is 0 Å². The van der Waals surface area contributed by atoms with Crippen molar-refractivity contribution in [3.8, 4) is 12.3 Å². The number of carbonyl (C=O) groups excluding carboxylic acids is 1. The average molecular weight is 157 g/mol. The maximum Gasteiger partial charge on any atom is 0.328 e. The van der Waals surface area contributed by atoms with Crippen LogP contribution >= 0.6 is 0 Å². The molecule has 0 unspecified atom stereocenters. The summed E-state index contributed by atoms with van der Waals surface area (Å²) in [4.78, 5) is 20.5. The van der Waals surface area contributed by atoms with Gasteiger partial charge in [-0.15, -0.1) is 6.42 Å². The number of aliphatic hydroxyl groups is 1. The van der Waals surface area contributed by atoms with Gasteiger partial charge >= 0.3 is 5.97 Å². The fraction of sp³-hybridized carbons (Fsp3) is 0.333. The van der Waals surface area contributed by atoms with Gasteiger partial charge < -0.3 is 15.5 Å². The summed E-state index contributed by atoms with van der Waals surface area (Å²) in [6.45, 7) is -0.678. The monoisotopic (exact) mass is 157 g/mol. The standard InChI is InChI=1S/C6H7NO4/c1-2-5(9)7-4(3-8)6(10)11/h1,4,8H,3H2,(H,7,9)(H,10,11)/t4-/m0/s1. The number of carbonyl (C=O) groups is 2. The van der Waals surface area contributed by atoms with Crippen molar-refractivity contribution in [1.82, 2.24) is 5.32 Å². The highest BCUT2D eigenvalue weighted by atomic mass is 16.4. The van der Waals surface area contributed by atoms with Crippen molar-refractivity contribution in [3.05, 3.63) is 0 Å². The Hall–Kier alpha value is -1.54. The van der Waals surface area contributed by atoms with E-state index < -0.39 is 24.5 Å². The Labute approximate surface area is 63.0 Å². The number of hydrogen-bond donors (Lipinski definition) is 3. The number of rotatable bonds is 3. The van der Waals surface area contributed by atoms with Crippen LogP contribution in [0.25, 0.3) is 0 Å². The van der Waals surface area contributed by atoms with Crippen LogP contribution in [0.2, 0.25) is 0 Å². The van der Waals surface area contributed by atoms with Gasteiger partial charge in [0.2, 0.25) is 0 Å². The second-order valence-electron chi connectivity index (χ2n) is 1.69. The van der Waals surface area contributed by atoms with Crippen molar-refractivity contribution in [2.24, 2.45) is 0 Å². The highest BCUT2D eigenvalue weighted by Gasteiger charge is 2.16. The van der Waals surface area contributed by atoms with Gasteiger partial charge in [-0.1, -0.05) is 0 Å². The lowest BCUT2D eigenvalue weighted by Gasteiger charge is -2.07. The molecular weight excluding hydrogens is 150 g/mol. The van der Waals surface area contributed by atoms with Crippen LogP contribution in [-0.4, -0.2) is 34.7 Å². The molecule has 0 saturated carbocycles. The minimum atomic E-state index is -1.32. The first-order valence-corrected chi connectivity index (χ1v) is 2.72. The van der Waals surface area contributed by atoms with Crippen LogP contribution < -0.4 is 5.32 Å². The molecule has 0 spiro atoms. The summed E-state index contributed by atoms with van der Waals surface area (Å²) >= 11 is 0. The molecule has 5 nitrogen and oxygen atoms in total. The van der Waals surface area contributed by atoms with Crippen LogP contribution in [-0.2, 0) is 9.59 Å². The molecule has 0 radical (unpaired) electrons. The van der Waals surface area contributed by atoms with Crippen LogP contribution in [0, 0.1) is 12.3 Å². The van der Waals surface area contributed by atoms with Gasteiger partial charge in [-0.05, 0) is 5.92 Å². The van der Waals surface area contributed by atoms with Crippen molar-refractivity contribution < 1.29 is 19.8 Å². The van der Waals surface area contributed by atoms with Crippen LogP contribution in [0.4, 0.5) is 0 Å². The number of aliphatic hydroxyl groups excluding tert-OH is 1. The minimum absolute atomic E-state index is 0.678. The molecule has 0 saturated heterocycles. The summed E-state index contributed by atoms with van der Waals surface area (Å²) in [6, 6.07) is -1.32. The fourth-order valence-corrected chi connectivity index (χ4v) is 0.385. The molecule has 5 heteroatoms. The summed E-state index contributed by atoms with van der Waals surface area (Å²) < 4.78 is 0. The smallest absolute Gasteiger partial charge is 0.328 e. The first-order valence-electron chi connectivity index (χ1n) is 2.72. The molecule has 0 aliphatic rings. The molecule has 0 heterocycles. The average Bonchev–Trinajstić information content (AvgIpc) is 1.99. The lowest BCUT2D eigenvalue weighted by molar-refractivity contribution is -0.142. The summed E-state index contributed by atoms with van der Waals surface area (Å²) in [7, 11) is 0. The maximum absolute atomic E-state index is 10.4. The summed E-state index contributed by atoms with van der Waals surface area (Å²) in [5.74, 6) is -0.518. The van der Waals surface area contributed by atoms with Gasteiger partial charge in [-0.3, -0.25) is 4.79 Å². The molecule has 0 aromatic rings. The van der Waals surface area contributed by atoms with Crippen LogP contribution in [0.5, 0.6) is 0 Å². The Bertz CT molecular complexity index is 205. The number of carboxylic acid groups (broad SMARTS) is 1. The zero-order valence-corrected chi connectivity index (χ0v) is 5.57. The molecule has 0 aromatic heterocycles. The molecule has 60 valence electrons. The Morgan fingerprint density at radius 1 is 1.64 bits per heavy atom. The molecule has 0 aliphatic heterocycles. The van der Waals surface area contributed by atoms with Gasteiger partial charge in [-0.2, -0.15) is 0 Å². The molecule has 0 fully saturated rings. The van der Waals surface area contributed by atoms with Gasteiger partial charge in [0, 0.05) is 0 Å². The third kappa shape index (κ3) is 3.23. The topological polar surface area (TPSA) is 86.6 Å². The largest absolute Gasteiger partial charge is 0.480 e. The number of hydrogen-bond acceptors (Lipinski definition) is 3. The zero-order chi connectivity index (χ0) is 8.85. The van der Waals surface area contributed by atoms with Crippen LogP contribution in [0.1, 0.15) is 0 Å². The zero-order valence-electron chi connectivity index (χ0n) is 5.57. The van der Waals surface area contributed by atoms with Gasteiger partial charge in [0.25, 0.3) is 5.91 Å². The molecule has 1 atom stereocenters. The van der Waals surface area contributed by atoms with Gasteiger partial charge in [0.1, 0.15) is 0 Å². The SMILES string of the molecule is C#CC(=O)N[C@@H](CO)C(=O)O. The molecule has 0 aliphatic carbocycles. The molecule has 3 N–H and O–H groups in total. The van der Waals surface area contributed by atoms with E-state index in [9.17, 15) is 9.59 Å². The Morgan fingerprint density at radius 3 is 2.45 bits per heavy atom. The third-order valence-electron chi connectivity index (χ3n) is 0.917. The van der Waals surface area contributed by atoms with E-state index in [1.54, 1.807) is 5.92 Å². The number of carboxylic acids is 1. The quantitative estimate of drug-likeness (QED) is 0.421. The predicted octanol–water partition coefficient (Wildman–Crippen LogP) is -1.82. The van der Waals surface area contributed by atoms with E-state index in [1.807, 2.05) is 5.32 Å². The van der Waals surface area contributed by atoms with E-state index in [4.69, 9.17) is 10.2 Å². The first kappa shape index (κ1) is 9.46. The van der Waals surface area contributed by atoms with Crippen molar-refractivity contribution >= 4 is 11.9 Å². The summed E-state index contributed by atoms with van der Waals surface area (Å²) in [5, 5.41) is 18.5. The Morgan fingerprint density at radius 2 is 2.18 bits per heavy atom. The predicted molar refractivity (Wildman–Crippen MR) is 35.5 cm³/mol. The second-order valence-corrected chi connectivity index (χ2v) is 1.69. The van der Waals surface area contributed by atoms with Crippen LogP contribution in [0.15, 0.2) is 0 Å². The molecule has 0 aromatic carbocycles. The maximum atomic E-state index is 10.4. The van der Waals surface area contributed by atoms with Crippen molar-refractivity contribution in [2.45, 2.75) is 6.04 Å². The van der Waals surface area contributed by atoms with Gasteiger partial charge in [0.15, 0.2) is 6.04 Å². The van der Waals surface area contributed by atoms with E-state index in [-0.39, 0.29) is 0 Å². The van der Waals surface area contributed by atoms with Gasteiger partial charge in [-0.25, -0.2) is 4.79 Å². The first-order chi connectivity index (χ1) is 5.11. The van der Waals surface area contributed by atoms with E-state index in [0.717, 1.165) is 0 Å². The Kier molecular flexibility index (Phi) is 3.70. The molecule has 11 heavy (non-hydrogen) atoms. The summed E-state index contributed by atoms with van der Waals surface area (Å²) in [5.41, 5.74) is 0. The molecule has 0 rings (SSSR count). The van der Waals surface area contributed by atoms with E-state index in [0.29, 0.717) is 0 Å².